The van der Waals surface area contributed by atoms with Crippen LogP contribution >= 0.6 is 0 Å². The summed E-state index contributed by atoms with van der Waals surface area (Å²) in [4.78, 5) is 76.7. The number of ketones is 4. The lowest BCUT2D eigenvalue weighted by Gasteiger charge is -2.40. The van der Waals surface area contributed by atoms with Crippen LogP contribution in [-0.2, 0) is 4.79 Å². The second-order valence-electron chi connectivity index (χ2n) is 16.9. The molecule has 5 aliphatic rings. The molecular weight excluding hydrogens is 777 g/mol. The Morgan fingerprint density at radius 1 is 0.738 bits per heavy atom. The number of hydrogen-bond acceptors (Lipinski definition) is 12. The Labute approximate surface area is 353 Å². The maximum Gasteiger partial charge on any atom is 0.192 e. The van der Waals surface area contributed by atoms with E-state index in [2.05, 4.69) is 4.90 Å². The topological polar surface area (TPSA) is 171 Å². The van der Waals surface area contributed by atoms with Gasteiger partial charge in [-0.1, -0.05) is 73.5 Å². The number of benzene rings is 4. The standard InChI is InChI=1S/C49H48N2O10/c1-60-39-20-18-27(23-36(39)54)41-33-15-7-9-21-50(33)45(46(57)30-12-4-3-11-29(30)26-52)43(41)38(56)25-37(55)42-34-16-8-10-22-51(34)49(44(42)28-17-19-35(53)40(24-28)61-2)47(58)31-13-5-6-14-32(31)48(49)59/h3-6,11-14,17-20,23-26,33-34,41-45,53-54,56H,7-10,15-16,21-22H2,1-2H3/b38-25-. The molecular formula is C49H48N2O10. The molecule has 314 valence electrons. The molecule has 7 atom stereocenters. The molecule has 1 aliphatic carbocycles. The van der Waals surface area contributed by atoms with Crippen LogP contribution in [0.5, 0.6) is 23.0 Å². The number of rotatable bonds is 10. The van der Waals surface area contributed by atoms with E-state index in [9.17, 15) is 34.5 Å². The number of ether oxygens (including phenoxy) is 2. The van der Waals surface area contributed by atoms with E-state index in [0.29, 0.717) is 49.8 Å². The van der Waals surface area contributed by atoms with Crippen molar-refractivity contribution in [2.24, 2.45) is 11.8 Å². The number of aliphatic hydroxyl groups is 1. The van der Waals surface area contributed by atoms with Gasteiger partial charge in [0.15, 0.2) is 58.0 Å². The first kappa shape index (κ1) is 40.3. The molecule has 4 fully saturated rings. The zero-order chi connectivity index (χ0) is 42.7. The molecule has 4 aliphatic heterocycles. The quantitative estimate of drug-likeness (QED) is 0.0501. The highest BCUT2D eigenvalue weighted by atomic mass is 16.5. The number of aldehydes is 1. The maximum absolute atomic E-state index is 15.5. The number of hydrogen-bond donors (Lipinski definition) is 3. The Hall–Kier alpha value is -6.11. The maximum atomic E-state index is 15.5. The fraction of sp³-hybridized carbons (Fsp3) is 0.367. The smallest absolute Gasteiger partial charge is 0.192 e. The van der Waals surface area contributed by atoms with Crippen molar-refractivity contribution in [3.05, 3.63) is 130 Å². The van der Waals surface area contributed by atoms with Crippen molar-refractivity contribution in [3.63, 3.8) is 0 Å². The van der Waals surface area contributed by atoms with Gasteiger partial charge in [0.25, 0.3) is 0 Å². The van der Waals surface area contributed by atoms with E-state index in [0.717, 1.165) is 19.3 Å². The van der Waals surface area contributed by atoms with E-state index in [1.807, 2.05) is 4.90 Å². The molecule has 4 aromatic rings. The van der Waals surface area contributed by atoms with Crippen LogP contribution in [0.1, 0.15) is 103 Å². The highest BCUT2D eigenvalue weighted by Gasteiger charge is 2.71. The number of carbonyl (C=O) groups excluding carboxylic acids is 5. The minimum absolute atomic E-state index is 0.114. The van der Waals surface area contributed by atoms with Crippen LogP contribution in [0.2, 0.25) is 0 Å². The zero-order valence-electron chi connectivity index (χ0n) is 34.0. The summed E-state index contributed by atoms with van der Waals surface area (Å²) in [6.07, 6.45) is 6.10. The van der Waals surface area contributed by atoms with E-state index in [-0.39, 0.29) is 62.8 Å². The molecule has 3 N–H and O–H groups in total. The van der Waals surface area contributed by atoms with Crippen LogP contribution in [0.3, 0.4) is 0 Å². The van der Waals surface area contributed by atoms with Gasteiger partial charge in [0.1, 0.15) is 5.76 Å². The number of aliphatic hydroxyl groups excluding tert-OH is 1. The third-order valence-corrected chi connectivity index (χ3v) is 14.2. The predicted molar refractivity (Wildman–Crippen MR) is 224 cm³/mol. The molecule has 0 aromatic heterocycles. The highest BCUT2D eigenvalue weighted by molar-refractivity contribution is 6.34. The number of carbonyl (C=O) groups is 5. The van der Waals surface area contributed by atoms with Gasteiger partial charge in [-0.25, -0.2) is 0 Å². The number of allylic oxidation sites excluding steroid dienone is 1. The summed E-state index contributed by atoms with van der Waals surface area (Å²) in [6, 6.07) is 21.1. The van der Waals surface area contributed by atoms with Gasteiger partial charge >= 0.3 is 0 Å². The van der Waals surface area contributed by atoms with Crippen LogP contribution in [-0.4, -0.2) is 106 Å². The molecule has 9 rings (SSSR count). The van der Waals surface area contributed by atoms with Crippen molar-refractivity contribution in [2.45, 2.75) is 74.0 Å². The number of Topliss-reactive ketones (excluding diaryl/α,β-unsaturated/α-hetero) is 3. The summed E-state index contributed by atoms with van der Waals surface area (Å²) < 4.78 is 10.9. The normalized spacial score (nSPS) is 27.0. The van der Waals surface area contributed by atoms with Gasteiger partial charge in [-0.05, 0) is 74.2 Å². The van der Waals surface area contributed by atoms with Crippen LogP contribution in [0.4, 0.5) is 0 Å². The molecule has 12 heteroatoms. The Bertz CT molecular complexity index is 2460. The lowest BCUT2D eigenvalue weighted by molar-refractivity contribution is -0.119. The second kappa shape index (κ2) is 15.7. The van der Waals surface area contributed by atoms with Gasteiger partial charge in [0.05, 0.1) is 20.3 Å². The molecule has 0 saturated carbocycles. The molecule has 12 nitrogen and oxygen atoms in total. The Morgan fingerprint density at radius 2 is 1.39 bits per heavy atom. The van der Waals surface area contributed by atoms with Gasteiger partial charge < -0.3 is 24.8 Å². The molecule has 7 unspecified atom stereocenters. The van der Waals surface area contributed by atoms with Crippen LogP contribution in [0, 0.1) is 11.8 Å². The van der Waals surface area contributed by atoms with Crippen molar-refractivity contribution in [3.8, 4) is 23.0 Å². The van der Waals surface area contributed by atoms with E-state index >= 15 is 4.79 Å². The fourth-order valence-electron chi connectivity index (χ4n) is 11.7. The zero-order valence-corrected chi connectivity index (χ0v) is 34.0. The summed E-state index contributed by atoms with van der Waals surface area (Å²) in [5, 5.41) is 34.4. The van der Waals surface area contributed by atoms with E-state index in [1.165, 1.54) is 26.4 Å². The minimum Gasteiger partial charge on any atom is -0.512 e. The molecule has 4 heterocycles. The summed E-state index contributed by atoms with van der Waals surface area (Å²) in [6.45, 7) is 0.911. The molecule has 4 aromatic carbocycles. The van der Waals surface area contributed by atoms with Gasteiger partial charge in [0.2, 0.25) is 0 Å². The van der Waals surface area contributed by atoms with E-state index in [1.54, 1.807) is 78.9 Å². The minimum atomic E-state index is -1.78. The van der Waals surface area contributed by atoms with E-state index in [4.69, 9.17) is 9.47 Å². The fourth-order valence-corrected chi connectivity index (χ4v) is 11.7. The first-order valence-corrected chi connectivity index (χ1v) is 21.0. The van der Waals surface area contributed by atoms with Crippen LogP contribution < -0.4 is 9.47 Å². The number of phenolic OH excluding ortho intramolecular Hbond substituents is 2. The summed E-state index contributed by atoms with van der Waals surface area (Å²) in [7, 11) is 2.85. The number of aromatic hydroxyl groups is 2. The Morgan fingerprint density at radius 3 is 2.08 bits per heavy atom. The molecule has 0 radical (unpaired) electrons. The molecule has 4 saturated heterocycles. The van der Waals surface area contributed by atoms with Gasteiger partial charge in [-0.15, -0.1) is 0 Å². The van der Waals surface area contributed by atoms with Gasteiger partial charge in [-0.2, -0.15) is 0 Å². The largest absolute Gasteiger partial charge is 0.512 e. The number of methoxy groups -OCH3 is 2. The summed E-state index contributed by atoms with van der Waals surface area (Å²) >= 11 is 0. The SMILES string of the molecule is COc1ccc(C2C(/C(O)=C/C(=O)C3C4CCCCN4C4(C(=O)c5ccccc5C4=O)C3c3ccc(O)c(OC)c3)C(C(=O)c3ccccc3C=O)N3CCCCC23)cc1O. The number of phenols is 2. The lowest BCUT2D eigenvalue weighted by atomic mass is 9.69. The first-order chi connectivity index (χ1) is 29.6. The average Bonchev–Trinajstić information content (AvgIpc) is 3.88. The Kier molecular flexibility index (Phi) is 10.4. The van der Waals surface area contributed by atoms with Gasteiger partial charge in [0, 0.05) is 64.1 Å². The number of nitrogens with zero attached hydrogens (tertiary/aromatic N) is 2. The van der Waals surface area contributed by atoms with Crippen molar-refractivity contribution in [2.75, 3.05) is 27.3 Å². The number of fused-ring (bicyclic) bond motifs is 4. The van der Waals surface area contributed by atoms with Gasteiger partial charge in [-0.3, -0.25) is 33.8 Å². The molecule has 61 heavy (non-hydrogen) atoms. The van der Waals surface area contributed by atoms with E-state index < -0.39 is 58.6 Å². The molecule has 1 spiro atoms. The van der Waals surface area contributed by atoms with Crippen molar-refractivity contribution >= 4 is 29.4 Å². The van der Waals surface area contributed by atoms with Crippen LogP contribution in [0.15, 0.2) is 96.8 Å². The second-order valence-corrected chi connectivity index (χ2v) is 16.9. The van der Waals surface area contributed by atoms with Crippen LogP contribution in [0.25, 0.3) is 0 Å². The first-order valence-electron chi connectivity index (χ1n) is 21.0. The monoisotopic (exact) mass is 824 g/mol. The average molecular weight is 825 g/mol. The number of piperidine rings is 2. The third kappa shape index (κ3) is 6.13. The van der Waals surface area contributed by atoms with Crippen molar-refractivity contribution in [1.29, 1.82) is 0 Å². The van der Waals surface area contributed by atoms with Crippen molar-refractivity contribution in [1.82, 2.24) is 9.80 Å². The lowest BCUT2D eigenvalue weighted by Crippen LogP contribution is -2.58. The molecule has 0 bridgehead atoms. The summed E-state index contributed by atoms with van der Waals surface area (Å²) in [5.74, 6) is -5.57. The summed E-state index contributed by atoms with van der Waals surface area (Å²) in [5.41, 5.74) is 0.274. The third-order valence-electron chi connectivity index (χ3n) is 14.2. The highest BCUT2D eigenvalue weighted by Crippen LogP contribution is 2.58. The Balaban J connectivity index is 1.22. The van der Waals surface area contributed by atoms with Crippen molar-refractivity contribution < 1.29 is 48.8 Å². The molecule has 0 amide bonds. The predicted octanol–water partition coefficient (Wildman–Crippen LogP) is 6.84.